The summed E-state index contributed by atoms with van der Waals surface area (Å²) in [5.74, 6) is -0.543. The van der Waals surface area contributed by atoms with Gasteiger partial charge in [-0.15, -0.1) is 0 Å². The Morgan fingerprint density at radius 3 is 2.95 bits per heavy atom. The molecule has 1 aliphatic heterocycles. The predicted molar refractivity (Wildman–Crippen MR) is 74.4 cm³/mol. The largest absolute Gasteiger partial charge is 0.397 e. The van der Waals surface area contributed by atoms with E-state index in [1.165, 1.54) is 17.0 Å². The van der Waals surface area contributed by atoms with Crippen molar-refractivity contribution in [1.82, 2.24) is 4.90 Å². The second-order valence-corrected chi connectivity index (χ2v) is 5.03. The molecule has 1 fully saturated rings. The molecular weight excluding hydrogens is 261 g/mol. The van der Waals surface area contributed by atoms with E-state index in [1.54, 1.807) is 0 Å². The Morgan fingerprint density at radius 1 is 1.55 bits per heavy atom. The number of nitrogens with one attached hydrogen (secondary N) is 1. The molecule has 0 aliphatic carbocycles. The summed E-state index contributed by atoms with van der Waals surface area (Å²) in [6, 6.07) is 3.77. The van der Waals surface area contributed by atoms with Crippen LogP contribution >= 0.6 is 0 Å². The zero-order chi connectivity index (χ0) is 14.7. The van der Waals surface area contributed by atoms with Crippen molar-refractivity contribution >= 4 is 23.2 Å². The summed E-state index contributed by atoms with van der Waals surface area (Å²) in [4.78, 5) is 25.1. The molecule has 1 aliphatic rings. The number of nitrogen functional groups attached to an aromatic ring is 1. The first-order valence-electron chi connectivity index (χ1n) is 6.62. The predicted octanol–water partition coefficient (Wildman–Crippen LogP) is 1.60. The molecule has 20 heavy (non-hydrogen) atoms. The van der Waals surface area contributed by atoms with Crippen molar-refractivity contribution in [2.45, 2.75) is 19.8 Å². The lowest BCUT2D eigenvalue weighted by molar-refractivity contribution is -0.131. The highest BCUT2D eigenvalue weighted by Crippen LogP contribution is 2.21. The number of amides is 2. The van der Waals surface area contributed by atoms with Crippen LogP contribution in [0.25, 0.3) is 0 Å². The second kappa shape index (κ2) is 5.90. The van der Waals surface area contributed by atoms with Crippen LogP contribution in [-0.4, -0.2) is 29.8 Å². The van der Waals surface area contributed by atoms with Gasteiger partial charge in [-0.05, 0) is 24.1 Å². The van der Waals surface area contributed by atoms with E-state index in [9.17, 15) is 14.0 Å². The minimum atomic E-state index is -0.474. The minimum Gasteiger partial charge on any atom is -0.397 e. The van der Waals surface area contributed by atoms with E-state index in [0.29, 0.717) is 24.6 Å². The molecule has 0 spiro atoms. The summed E-state index contributed by atoms with van der Waals surface area (Å²) in [6.45, 7) is 2.60. The molecule has 1 heterocycles. The fraction of sp³-hybridized carbons (Fsp3) is 0.429. The number of hydrogen-bond donors (Lipinski definition) is 2. The quantitative estimate of drug-likeness (QED) is 0.822. The number of hydrogen-bond acceptors (Lipinski definition) is 3. The average Bonchev–Trinajstić information content (AvgIpc) is 2.74. The van der Waals surface area contributed by atoms with Gasteiger partial charge in [0, 0.05) is 13.0 Å². The molecule has 3 N–H and O–H groups in total. The Balaban J connectivity index is 1.96. The van der Waals surface area contributed by atoms with Gasteiger partial charge in [0.25, 0.3) is 0 Å². The monoisotopic (exact) mass is 279 g/mol. The van der Waals surface area contributed by atoms with Gasteiger partial charge >= 0.3 is 0 Å². The van der Waals surface area contributed by atoms with Crippen molar-refractivity contribution in [1.29, 1.82) is 0 Å². The lowest BCUT2D eigenvalue weighted by Gasteiger charge is -2.16. The van der Waals surface area contributed by atoms with Crippen molar-refractivity contribution < 1.29 is 14.0 Å². The zero-order valence-corrected chi connectivity index (χ0v) is 11.4. The number of likely N-dealkylation sites (tertiary alicyclic amines) is 1. The molecule has 0 radical (unpaired) electrons. The van der Waals surface area contributed by atoms with Gasteiger partial charge in [-0.1, -0.05) is 13.3 Å². The van der Waals surface area contributed by atoms with E-state index in [0.717, 1.165) is 12.5 Å². The van der Waals surface area contributed by atoms with Crippen LogP contribution in [0.4, 0.5) is 15.8 Å². The molecule has 108 valence electrons. The SMILES string of the molecule is CCC1CC(=O)N(CC(=O)Nc2cc(F)ccc2N)C1. The Morgan fingerprint density at radius 2 is 2.30 bits per heavy atom. The average molecular weight is 279 g/mol. The smallest absolute Gasteiger partial charge is 0.244 e. The number of anilines is 2. The summed E-state index contributed by atoms with van der Waals surface area (Å²) < 4.78 is 13.1. The van der Waals surface area contributed by atoms with E-state index < -0.39 is 5.82 Å². The number of nitrogens with zero attached hydrogens (tertiary/aromatic N) is 1. The van der Waals surface area contributed by atoms with Crippen LogP contribution in [0.5, 0.6) is 0 Å². The van der Waals surface area contributed by atoms with Crippen molar-refractivity contribution in [3.05, 3.63) is 24.0 Å². The van der Waals surface area contributed by atoms with Gasteiger partial charge in [0.2, 0.25) is 11.8 Å². The molecular formula is C14H18FN3O2. The number of rotatable bonds is 4. The first-order chi connectivity index (χ1) is 9.49. The Labute approximate surface area is 116 Å². The number of benzene rings is 1. The normalized spacial score (nSPS) is 18.4. The van der Waals surface area contributed by atoms with Crippen LogP contribution in [0.2, 0.25) is 0 Å². The van der Waals surface area contributed by atoms with Crippen molar-refractivity contribution in [2.24, 2.45) is 5.92 Å². The fourth-order valence-electron chi connectivity index (χ4n) is 2.28. The fourth-order valence-corrected chi connectivity index (χ4v) is 2.28. The van der Waals surface area contributed by atoms with Gasteiger partial charge in [0.1, 0.15) is 5.82 Å². The van der Waals surface area contributed by atoms with Crippen molar-refractivity contribution in [3.8, 4) is 0 Å². The summed E-state index contributed by atoms with van der Waals surface area (Å²) in [7, 11) is 0. The van der Waals surface area contributed by atoms with Crippen LogP contribution in [0.1, 0.15) is 19.8 Å². The van der Waals surface area contributed by atoms with Gasteiger partial charge in [-0.2, -0.15) is 0 Å². The first-order valence-corrected chi connectivity index (χ1v) is 6.62. The Kier molecular flexibility index (Phi) is 4.22. The van der Waals surface area contributed by atoms with Gasteiger partial charge in [-0.25, -0.2) is 4.39 Å². The molecule has 1 aromatic carbocycles. The van der Waals surface area contributed by atoms with Crippen molar-refractivity contribution in [2.75, 3.05) is 24.1 Å². The highest BCUT2D eigenvalue weighted by atomic mass is 19.1. The molecule has 1 aromatic rings. The van der Waals surface area contributed by atoms with Gasteiger partial charge < -0.3 is 16.0 Å². The topological polar surface area (TPSA) is 75.4 Å². The van der Waals surface area contributed by atoms with Gasteiger partial charge in [0.05, 0.1) is 17.9 Å². The van der Waals surface area contributed by atoms with Crippen molar-refractivity contribution in [3.63, 3.8) is 0 Å². The molecule has 1 saturated heterocycles. The van der Waals surface area contributed by atoms with Crippen LogP contribution in [0.15, 0.2) is 18.2 Å². The lowest BCUT2D eigenvalue weighted by Crippen LogP contribution is -2.34. The third kappa shape index (κ3) is 3.26. The van der Waals surface area contributed by atoms with E-state index in [2.05, 4.69) is 5.32 Å². The maximum atomic E-state index is 13.1. The number of halogens is 1. The molecule has 1 unspecified atom stereocenters. The molecule has 6 heteroatoms. The first kappa shape index (κ1) is 14.3. The molecule has 0 aromatic heterocycles. The maximum absolute atomic E-state index is 13.1. The molecule has 0 saturated carbocycles. The lowest BCUT2D eigenvalue weighted by atomic mass is 10.1. The van der Waals surface area contributed by atoms with E-state index >= 15 is 0 Å². The minimum absolute atomic E-state index is 0.0146. The van der Waals surface area contributed by atoms with E-state index in [4.69, 9.17) is 5.73 Å². The Bertz CT molecular complexity index is 533. The number of carbonyl (C=O) groups excluding carboxylic acids is 2. The molecule has 1 atom stereocenters. The van der Waals surface area contributed by atoms with Crippen LogP contribution in [-0.2, 0) is 9.59 Å². The third-order valence-corrected chi connectivity index (χ3v) is 3.50. The molecule has 2 rings (SSSR count). The van der Waals surface area contributed by atoms with E-state index in [1.807, 2.05) is 6.92 Å². The zero-order valence-electron chi connectivity index (χ0n) is 11.4. The molecule has 5 nitrogen and oxygen atoms in total. The summed E-state index contributed by atoms with van der Waals surface area (Å²) in [5, 5.41) is 2.53. The summed E-state index contributed by atoms with van der Waals surface area (Å²) in [6.07, 6.45) is 1.41. The number of carbonyl (C=O) groups is 2. The highest BCUT2D eigenvalue weighted by molar-refractivity contribution is 5.97. The molecule has 2 amide bonds. The van der Waals surface area contributed by atoms with Crippen LogP contribution in [0, 0.1) is 11.7 Å². The maximum Gasteiger partial charge on any atom is 0.244 e. The Hall–Kier alpha value is -2.11. The molecule has 0 bridgehead atoms. The third-order valence-electron chi connectivity index (χ3n) is 3.50. The van der Waals surface area contributed by atoms with Gasteiger partial charge in [-0.3, -0.25) is 9.59 Å². The van der Waals surface area contributed by atoms with Crippen LogP contribution < -0.4 is 11.1 Å². The second-order valence-electron chi connectivity index (χ2n) is 5.03. The summed E-state index contributed by atoms with van der Waals surface area (Å²) >= 11 is 0. The van der Waals surface area contributed by atoms with E-state index in [-0.39, 0.29) is 24.0 Å². The van der Waals surface area contributed by atoms with Crippen LogP contribution in [0.3, 0.4) is 0 Å². The summed E-state index contributed by atoms with van der Waals surface area (Å²) in [5.41, 5.74) is 6.18. The standard InChI is InChI=1S/C14H18FN3O2/c1-2-9-5-14(20)18(7-9)8-13(19)17-12-6-10(15)3-4-11(12)16/h3-4,6,9H,2,5,7-8,16H2,1H3,(H,17,19). The number of nitrogens with two attached hydrogens (primary N) is 1. The van der Waals surface area contributed by atoms with Gasteiger partial charge in [0.15, 0.2) is 0 Å². The highest BCUT2D eigenvalue weighted by Gasteiger charge is 2.29.